The van der Waals surface area contributed by atoms with Crippen molar-refractivity contribution in [2.24, 2.45) is 11.3 Å². The fourth-order valence-corrected chi connectivity index (χ4v) is 2.31. The average molecular weight is 175 g/mol. The summed E-state index contributed by atoms with van der Waals surface area (Å²) in [5, 5.41) is 0. The Labute approximate surface area is 75.3 Å². The van der Waals surface area contributed by atoms with Crippen LogP contribution in [0.15, 0.2) is 0 Å². The van der Waals surface area contributed by atoms with Crippen LogP contribution in [0.4, 0.5) is 0 Å². The molecule has 2 unspecified atom stereocenters. The second kappa shape index (κ2) is 3.80. The molecule has 0 amide bonds. The minimum atomic E-state index is 0.636. The predicted octanol–water partition coefficient (Wildman–Crippen LogP) is 3.83. The van der Waals surface area contributed by atoms with Gasteiger partial charge in [-0.1, -0.05) is 33.1 Å². The van der Waals surface area contributed by atoms with Crippen molar-refractivity contribution < 1.29 is 0 Å². The van der Waals surface area contributed by atoms with Gasteiger partial charge in [-0.2, -0.15) is 0 Å². The van der Waals surface area contributed by atoms with Gasteiger partial charge in [0.2, 0.25) is 0 Å². The highest BCUT2D eigenvalue weighted by atomic mass is 35.5. The Balaban J connectivity index is 2.08. The van der Waals surface area contributed by atoms with Gasteiger partial charge in [-0.3, -0.25) is 0 Å². The molecule has 1 fully saturated rings. The molecule has 0 saturated heterocycles. The maximum absolute atomic E-state index is 5.80. The van der Waals surface area contributed by atoms with Crippen LogP contribution in [0, 0.1) is 11.3 Å². The number of hydrogen-bond acceptors (Lipinski definition) is 0. The minimum absolute atomic E-state index is 0.636. The molecule has 11 heavy (non-hydrogen) atoms. The van der Waals surface area contributed by atoms with E-state index in [0.717, 1.165) is 11.8 Å². The van der Waals surface area contributed by atoms with E-state index in [1.807, 2.05) is 0 Å². The molecule has 0 N–H and O–H groups in total. The second-order valence-electron chi connectivity index (χ2n) is 4.17. The summed E-state index contributed by atoms with van der Waals surface area (Å²) in [6.45, 7) is 4.64. The Morgan fingerprint density at radius 2 is 2.18 bits per heavy atom. The summed E-state index contributed by atoms with van der Waals surface area (Å²) in [4.78, 5) is 0. The van der Waals surface area contributed by atoms with Crippen LogP contribution in [-0.4, -0.2) is 5.88 Å². The highest BCUT2D eigenvalue weighted by molar-refractivity contribution is 6.18. The summed E-state index contributed by atoms with van der Waals surface area (Å²) in [6.07, 6.45) is 6.91. The van der Waals surface area contributed by atoms with Crippen LogP contribution in [0.2, 0.25) is 0 Å². The normalized spacial score (nSPS) is 35.7. The van der Waals surface area contributed by atoms with Crippen LogP contribution in [0.5, 0.6) is 0 Å². The standard InChI is InChI=1S/C10H19Cl/c1-3-4-5-6-10(2)7-9(10)8-11/h9H,3-8H2,1-2H3. The Hall–Kier alpha value is 0.290. The lowest BCUT2D eigenvalue weighted by molar-refractivity contribution is 0.447. The largest absolute Gasteiger partial charge is 0.126 e. The van der Waals surface area contributed by atoms with Gasteiger partial charge in [0, 0.05) is 5.88 Å². The van der Waals surface area contributed by atoms with Crippen LogP contribution < -0.4 is 0 Å². The van der Waals surface area contributed by atoms with Crippen molar-refractivity contribution in [3.8, 4) is 0 Å². The third-order valence-electron chi connectivity index (χ3n) is 3.08. The van der Waals surface area contributed by atoms with E-state index in [1.54, 1.807) is 0 Å². The third-order valence-corrected chi connectivity index (χ3v) is 3.45. The molecule has 0 spiro atoms. The molecule has 1 aliphatic rings. The van der Waals surface area contributed by atoms with Gasteiger partial charge < -0.3 is 0 Å². The summed E-state index contributed by atoms with van der Waals surface area (Å²) in [5.41, 5.74) is 0.636. The van der Waals surface area contributed by atoms with Crippen molar-refractivity contribution in [3.63, 3.8) is 0 Å². The molecular weight excluding hydrogens is 156 g/mol. The summed E-state index contributed by atoms with van der Waals surface area (Å²) in [7, 11) is 0. The SMILES string of the molecule is CCCCCC1(C)CC1CCl. The van der Waals surface area contributed by atoms with E-state index >= 15 is 0 Å². The molecular formula is C10H19Cl. The molecule has 1 heteroatoms. The van der Waals surface area contributed by atoms with Crippen LogP contribution >= 0.6 is 11.6 Å². The first-order chi connectivity index (χ1) is 5.23. The Morgan fingerprint density at radius 1 is 1.45 bits per heavy atom. The van der Waals surface area contributed by atoms with E-state index in [2.05, 4.69) is 13.8 Å². The molecule has 0 aromatic heterocycles. The lowest BCUT2D eigenvalue weighted by atomic mass is 9.98. The molecule has 0 aliphatic heterocycles. The number of unbranched alkanes of at least 4 members (excludes halogenated alkanes) is 2. The highest BCUT2D eigenvalue weighted by Gasteiger charge is 2.47. The highest BCUT2D eigenvalue weighted by Crippen LogP contribution is 2.56. The van der Waals surface area contributed by atoms with E-state index in [9.17, 15) is 0 Å². The first kappa shape index (κ1) is 9.38. The van der Waals surface area contributed by atoms with E-state index in [0.29, 0.717) is 5.41 Å². The first-order valence-electron chi connectivity index (χ1n) is 4.79. The van der Waals surface area contributed by atoms with Crippen LogP contribution in [0.3, 0.4) is 0 Å². The number of rotatable bonds is 5. The average Bonchev–Trinajstić information content (AvgIpc) is 2.63. The molecule has 0 nitrogen and oxygen atoms in total. The van der Waals surface area contributed by atoms with Gasteiger partial charge in [0.05, 0.1) is 0 Å². The first-order valence-corrected chi connectivity index (χ1v) is 5.32. The van der Waals surface area contributed by atoms with Gasteiger partial charge in [-0.25, -0.2) is 0 Å². The van der Waals surface area contributed by atoms with Crippen molar-refractivity contribution in [1.29, 1.82) is 0 Å². The van der Waals surface area contributed by atoms with Crippen molar-refractivity contribution in [2.75, 3.05) is 5.88 Å². The quantitative estimate of drug-likeness (QED) is 0.439. The van der Waals surface area contributed by atoms with Crippen LogP contribution in [0.25, 0.3) is 0 Å². The van der Waals surface area contributed by atoms with Gasteiger partial charge in [-0.15, -0.1) is 11.6 Å². The molecule has 0 aromatic rings. The number of halogens is 1. The third kappa shape index (κ3) is 2.37. The fourth-order valence-electron chi connectivity index (χ4n) is 1.83. The second-order valence-corrected chi connectivity index (χ2v) is 4.48. The number of hydrogen-bond donors (Lipinski definition) is 0. The summed E-state index contributed by atoms with van der Waals surface area (Å²) < 4.78 is 0. The van der Waals surface area contributed by atoms with E-state index in [-0.39, 0.29) is 0 Å². The molecule has 0 heterocycles. The lowest BCUT2D eigenvalue weighted by Crippen LogP contribution is -1.98. The van der Waals surface area contributed by atoms with Gasteiger partial charge in [0.25, 0.3) is 0 Å². The molecule has 0 aromatic carbocycles. The summed E-state index contributed by atoms with van der Waals surface area (Å²) in [5.74, 6) is 1.71. The summed E-state index contributed by atoms with van der Waals surface area (Å²) in [6, 6.07) is 0. The van der Waals surface area contributed by atoms with E-state index in [4.69, 9.17) is 11.6 Å². The maximum atomic E-state index is 5.80. The molecule has 1 rings (SSSR count). The minimum Gasteiger partial charge on any atom is -0.126 e. The summed E-state index contributed by atoms with van der Waals surface area (Å²) >= 11 is 5.80. The van der Waals surface area contributed by atoms with Crippen molar-refractivity contribution >= 4 is 11.6 Å². The topological polar surface area (TPSA) is 0 Å². The predicted molar refractivity (Wildman–Crippen MR) is 51.1 cm³/mol. The van der Waals surface area contributed by atoms with Gasteiger partial charge in [-0.05, 0) is 24.2 Å². The molecule has 1 aliphatic carbocycles. The Bertz CT molecular complexity index is 122. The zero-order valence-corrected chi connectivity index (χ0v) is 8.45. The van der Waals surface area contributed by atoms with E-state index in [1.165, 1.54) is 32.1 Å². The van der Waals surface area contributed by atoms with Crippen LogP contribution in [-0.2, 0) is 0 Å². The zero-order chi connectivity index (χ0) is 8.32. The Kier molecular flexibility index (Phi) is 3.24. The van der Waals surface area contributed by atoms with Gasteiger partial charge in [0.1, 0.15) is 0 Å². The van der Waals surface area contributed by atoms with Crippen LogP contribution in [0.1, 0.15) is 46.0 Å². The zero-order valence-electron chi connectivity index (χ0n) is 7.70. The number of alkyl halides is 1. The monoisotopic (exact) mass is 174 g/mol. The fraction of sp³-hybridized carbons (Fsp3) is 1.00. The van der Waals surface area contributed by atoms with Crippen molar-refractivity contribution in [3.05, 3.63) is 0 Å². The van der Waals surface area contributed by atoms with Gasteiger partial charge >= 0.3 is 0 Å². The van der Waals surface area contributed by atoms with Gasteiger partial charge in [0.15, 0.2) is 0 Å². The van der Waals surface area contributed by atoms with Crippen molar-refractivity contribution in [2.45, 2.75) is 46.0 Å². The van der Waals surface area contributed by atoms with Crippen molar-refractivity contribution in [1.82, 2.24) is 0 Å². The van der Waals surface area contributed by atoms with E-state index < -0.39 is 0 Å². The molecule has 0 bridgehead atoms. The molecule has 66 valence electrons. The molecule has 2 atom stereocenters. The smallest absolute Gasteiger partial charge is 0.0257 e. The lowest BCUT2D eigenvalue weighted by Gasteiger charge is -2.08. The maximum Gasteiger partial charge on any atom is 0.0257 e. The molecule has 1 saturated carbocycles. The molecule has 0 radical (unpaired) electrons. The Morgan fingerprint density at radius 3 is 2.64 bits per heavy atom.